The normalized spacial score (nSPS) is 14.3. The number of halogens is 1. The number of aromatic nitrogens is 1. The highest BCUT2D eigenvalue weighted by Gasteiger charge is 2.31. The molecule has 3 rings (SSSR count). The third-order valence-corrected chi connectivity index (χ3v) is 7.43. The fourth-order valence-electron chi connectivity index (χ4n) is 3.98. The summed E-state index contributed by atoms with van der Waals surface area (Å²) in [4.78, 5) is 31.4. The van der Waals surface area contributed by atoms with Crippen molar-refractivity contribution in [3.8, 4) is 6.07 Å². The zero-order chi connectivity index (χ0) is 25.8. The molecule has 1 amide bonds. The number of carbonyl (C=O) groups is 2. The average molecular weight is 502 g/mol. The van der Waals surface area contributed by atoms with Gasteiger partial charge in [0.2, 0.25) is 5.91 Å². The van der Waals surface area contributed by atoms with E-state index in [-0.39, 0.29) is 11.5 Å². The van der Waals surface area contributed by atoms with Crippen molar-refractivity contribution < 1.29 is 22.4 Å². The summed E-state index contributed by atoms with van der Waals surface area (Å²) in [5.41, 5.74) is 1.50. The number of carbonyl (C=O) groups excluding carboxylic acids is 2. The van der Waals surface area contributed by atoms with E-state index in [1.54, 1.807) is 13.0 Å². The summed E-state index contributed by atoms with van der Waals surface area (Å²) in [7, 11) is -2.89. The zero-order valence-electron chi connectivity index (χ0n) is 19.9. The fourth-order valence-corrected chi connectivity index (χ4v) is 4.94. The van der Waals surface area contributed by atoms with Crippen LogP contribution in [0.5, 0.6) is 0 Å². The summed E-state index contributed by atoms with van der Waals surface area (Å²) < 4.78 is 41.4. The van der Waals surface area contributed by atoms with Gasteiger partial charge in [-0.3, -0.25) is 13.9 Å². The summed E-state index contributed by atoms with van der Waals surface area (Å²) in [6.45, 7) is 4.44. The maximum Gasteiger partial charge on any atom is 0.325 e. The first-order valence-electron chi connectivity index (χ1n) is 11.3. The van der Waals surface area contributed by atoms with Gasteiger partial charge in [0, 0.05) is 38.0 Å². The van der Waals surface area contributed by atoms with Gasteiger partial charge in [-0.05, 0) is 56.5 Å². The van der Waals surface area contributed by atoms with Crippen molar-refractivity contribution in [3.63, 3.8) is 0 Å². The predicted octanol–water partition coefficient (Wildman–Crippen LogP) is 3.10. The standard InChI is InChI=1S/C24H28FN5O4S/c1-4-5-22(31)21-14-18(15-26)23(27-16(21)2)30-12-10-17(11-13-30)24(32)28-35(33,34)29(3)20-8-6-19(25)7-9-20/h6-9,14,17H,4-5,10-13H2,1-3H3,(H,28,32). The van der Waals surface area contributed by atoms with Crippen LogP contribution in [0.4, 0.5) is 15.9 Å². The Bertz CT molecular complexity index is 1250. The van der Waals surface area contributed by atoms with Crippen LogP contribution in [-0.2, 0) is 15.0 Å². The summed E-state index contributed by atoms with van der Waals surface area (Å²) in [6, 6.07) is 8.57. The number of pyridine rings is 1. The third kappa shape index (κ3) is 5.95. The Morgan fingerprint density at radius 2 is 1.89 bits per heavy atom. The lowest BCUT2D eigenvalue weighted by molar-refractivity contribution is -0.123. The van der Waals surface area contributed by atoms with Crippen LogP contribution in [0.1, 0.15) is 54.2 Å². The van der Waals surface area contributed by atoms with Gasteiger partial charge in [0.05, 0.1) is 16.9 Å². The average Bonchev–Trinajstić information content (AvgIpc) is 2.83. The Hall–Kier alpha value is -3.52. The molecule has 35 heavy (non-hydrogen) atoms. The number of nitrogens with zero attached hydrogens (tertiary/aromatic N) is 4. The van der Waals surface area contributed by atoms with Crippen LogP contribution < -0.4 is 13.9 Å². The number of aryl methyl sites for hydroxylation is 1. The molecule has 1 saturated heterocycles. The Morgan fingerprint density at radius 3 is 2.46 bits per heavy atom. The number of nitrogens with one attached hydrogen (secondary N) is 1. The molecule has 11 heteroatoms. The summed E-state index contributed by atoms with van der Waals surface area (Å²) >= 11 is 0. The molecule has 1 aromatic heterocycles. The van der Waals surface area contributed by atoms with Gasteiger partial charge in [0.1, 0.15) is 17.7 Å². The summed E-state index contributed by atoms with van der Waals surface area (Å²) in [5.74, 6) is -1.26. The molecule has 2 heterocycles. The van der Waals surface area contributed by atoms with E-state index in [1.165, 1.54) is 19.2 Å². The van der Waals surface area contributed by atoms with E-state index in [2.05, 4.69) is 15.8 Å². The largest absolute Gasteiger partial charge is 0.355 e. The predicted molar refractivity (Wildman–Crippen MR) is 130 cm³/mol. The second kappa shape index (κ2) is 10.8. The monoisotopic (exact) mass is 501 g/mol. The van der Waals surface area contributed by atoms with Crippen molar-refractivity contribution in [2.75, 3.05) is 29.3 Å². The zero-order valence-corrected chi connectivity index (χ0v) is 20.7. The van der Waals surface area contributed by atoms with E-state index in [0.29, 0.717) is 61.4 Å². The first-order chi connectivity index (χ1) is 16.6. The van der Waals surface area contributed by atoms with Crippen LogP contribution in [-0.4, -0.2) is 45.2 Å². The Morgan fingerprint density at radius 1 is 1.26 bits per heavy atom. The molecule has 1 fully saturated rings. The molecule has 186 valence electrons. The van der Waals surface area contributed by atoms with Gasteiger partial charge in [-0.25, -0.2) is 14.1 Å². The molecule has 0 unspecified atom stereocenters. The molecule has 1 N–H and O–H groups in total. The Kier molecular flexibility index (Phi) is 8.07. The van der Waals surface area contributed by atoms with E-state index in [4.69, 9.17) is 0 Å². The fraction of sp³-hybridized carbons (Fsp3) is 0.417. The van der Waals surface area contributed by atoms with Gasteiger partial charge >= 0.3 is 10.2 Å². The highest BCUT2D eigenvalue weighted by molar-refractivity contribution is 7.91. The van der Waals surface area contributed by atoms with Crippen molar-refractivity contribution in [1.29, 1.82) is 5.26 Å². The lowest BCUT2D eigenvalue weighted by atomic mass is 9.95. The van der Waals surface area contributed by atoms with Crippen LogP contribution in [0.3, 0.4) is 0 Å². The molecular weight excluding hydrogens is 473 g/mol. The number of piperidine rings is 1. The number of ketones is 1. The quantitative estimate of drug-likeness (QED) is 0.551. The lowest BCUT2D eigenvalue weighted by Crippen LogP contribution is -2.47. The topological polar surface area (TPSA) is 123 Å². The van der Waals surface area contributed by atoms with Gasteiger partial charge in [-0.2, -0.15) is 13.7 Å². The molecule has 2 aromatic rings. The minimum Gasteiger partial charge on any atom is -0.355 e. The maximum absolute atomic E-state index is 13.1. The second-order valence-electron chi connectivity index (χ2n) is 8.45. The van der Waals surface area contributed by atoms with E-state index >= 15 is 0 Å². The molecule has 0 bridgehead atoms. The molecule has 0 saturated carbocycles. The molecule has 0 aliphatic carbocycles. The van der Waals surface area contributed by atoms with Crippen LogP contribution in [0.15, 0.2) is 30.3 Å². The van der Waals surface area contributed by atoms with Gasteiger partial charge in [0.25, 0.3) is 0 Å². The first-order valence-corrected chi connectivity index (χ1v) is 12.8. The molecule has 9 nitrogen and oxygen atoms in total. The second-order valence-corrected chi connectivity index (χ2v) is 10.2. The van der Waals surface area contributed by atoms with Crippen molar-refractivity contribution in [2.45, 2.75) is 39.5 Å². The lowest BCUT2D eigenvalue weighted by Gasteiger charge is -2.33. The Balaban J connectivity index is 1.67. The van der Waals surface area contributed by atoms with Gasteiger partial charge in [0.15, 0.2) is 5.78 Å². The number of nitriles is 1. The van der Waals surface area contributed by atoms with Crippen molar-refractivity contribution in [3.05, 3.63) is 53.0 Å². The maximum atomic E-state index is 13.1. The molecule has 1 aromatic carbocycles. The number of hydrogen-bond acceptors (Lipinski definition) is 7. The first kappa shape index (κ1) is 26.1. The van der Waals surface area contributed by atoms with Gasteiger partial charge < -0.3 is 4.90 Å². The number of hydrogen-bond donors (Lipinski definition) is 1. The van der Waals surface area contributed by atoms with Gasteiger partial charge in [-0.1, -0.05) is 6.92 Å². The summed E-state index contributed by atoms with van der Waals surface area (Å²) in [5, 5.41) is 9.62. The van der Waals surface area contributed by atoms with E-state index in [1.807, 2.05) is 11.8 Å². The molecule has 1 aliphatic rings. The molecule has 1 aliphatic heterocycles. The molecule has 0 radical (unpaired) electrons. The highest BCUT2D eigenvalue weighted by atomic mass is 32.2. The van der Waals surface area contributed by atoms with Gasteiger partial charge in [-0.15, -0.1) is 0 Å². The minimum absolute atomic E-state index is 0.0530. The van der Waals surface area contributed by atoms with Crippen molar-refractivity contribution >= 4 is 33.4 Å². The SMILES string of the molecule is CCCC(=O)c1cc(C#N)c(N2CCC(C(=O)NS(=O)(=O)N(C)c3ccc(F)cc3)CC2)nc1C. The van der Waals surface area contributed by atoms with E-state index in [0.717, 1.165) is 16.4 Å². The smallest absolute Gasteiger partial charge is 0.325 e. The molecule has 0 spiro atoms. The number of anilines is 2. The number of amides is 1. The highest BCUT2D eigenvalue weighted by Crippen LogP contribution is 2.27. The van der Waals surface area contributed by atoms with Crippen LogP contribution in [0.25, 0.3) is 0 Å². The minimum atomic E-state index is -4.16. The molecule has 0 atom stereocenters. The van der Waals surface area contributed by atoms with Crippen LogP contribution >= 0.6 is 0 Å². The van der Waals surface area contributed by atoms with Crippen molar-refractivity contribution in [1.82, 2.24) is 9.71 Å². The Labute approximate surface area is 204 Å². The van der Waals surface area contributed by atoms with E-state index < -0.39 is 27.9 Å². The van der Waals surface area contributed by atoms with Crippen molar-refractivity contribution in [2.24, 2.45) is 5.92 Å². The summed E-state index contributed by atoms with van der Waals surface area (Å²) in [6.07, 6.45) is 1.81. The number of Topliss-reactive ketones (excluding diaryl/α,β-unsaturated/α-hetero) is 1. The number of benzene rings is 1. The molecular formula is C24H28FN5O4S. The number of rotatable bonds is 8. The third-order valence-electron chi connectivity index (χ3n) is 6.04. The van der Waals surface area contributed by atoms with E-state index in [9.17, 15) is 27.7 Å². The van der Waals surface area contributed by atoms with Crippen LogP contribution in [0, 0.1) is 30.0 Å². The van der Waals surface area contributed by atoms with Crippen LogP contribution in [0.2, 0.25) is 0 Å².